The molecule has 0 aliphatic heterocycles. The zero-order chi connectivity index (χ0) is 13.1. The van der Waals surface area contributed by atoms with Crippen molar-refractivity contribution in [1.82, 2.24) is 15.3 Å². The molecule has 1 aromatic carbocycles. The number of rotatable bonds is 3. The lowest BCUT2D eigenvalue weighted by atomic mass is 10.1. The van der Waals surface area contributed by atoms with Crippen LogP contribution in [0, 0.1) is 5.82 Å². The van der Waals surface area contributed by atoms with E-state index in [1.807, 2.05) is 0 Å². The van der Waals surface area contributed by atoms with E-state index < -0.39 is 0 Å². The third-order valence-electron chi connectivity index (χ3n) is 2.56. The Morgan fingerprint density at radius 2 is 2.06 bits per heavy atom. The van der Waals surface area contributed by atoms with Gasteiger partial charge in [-0.1, -0.05) is 0 Å². The number of H-pyrrole nitrogens is 1. The van der Waals surface area contributed by atoms with E-state index in [-0.39, 0.29) is 11.7 Å². The molecule has 18 heavy (non-hydrogen) atoms. The average molecular weight is 249 g/mol. The minimum Gasteiger partial charge on any atom is -0.277 e. The van der Waals surface area contributed by atoms with Crippen molar-refractivity contribution in [3.8, 4) is 11.3 Å². The van der Waals surface area contributed by atoms with Crippen LogP contribution in [0.3, 0.4) is 0 Å². The van der Waals surface area contributed by atoms with Crippen LogP contribution in [0.25, 0.3) is 11.3 Å². The van der Waals surface area contributed by atoms with E-state index in [0.29, 0.717) is 16.8 Å². The van der Waals surface area contributed by atoms with Gasteiger partial charge in [-0.3, -0.25) is 14.7 Å². The van der Waals surface area contributed by atoms with Crippen LogP contribution in [-0.2, 0) is 4.84 Å². The van der Waals surface area contributed by atoms with Crippen LogP contribution in [0.15, 0.2) is 30.5 Å². The van der Waals surface area contributed by atoms with E-state index >= 15 is 0 Å². The van der Waals surface area contributed by atoms with Gasteiger partial charge >= 0.3 is 0 Å². The summed E-state index contributed by atoms with van der Waals surface area (Å²) in [6, 6.07) is 5.80. The fourth-order valence-corrected chi connectivity index (χ4v) is 1.54. The first-order valence-corrected chi connectivity index (χ1v) is 5.25. The van der Waals surface area contributed by atoms with E-state index in [0.717, 1.165) is 5.06 Å². The second-order valence-electron chi connectivity index (χ2n) is 3.65. The molecule has 2 rings (SSSR count). The highest BCUT2D eigenvalue weighted by Crippen LogP contribution is 2.22. The number of hydroxylamine groups is 2. The average Bonchev–Trinajstić information content (AvgIpc) is 2.87. The lowest BCUT2D eigenvalue weighted by Crippen LogP contribution is -2.25. The van der Waals surface area contributed by atoms with Crippen LogP contribution < -0.4 is 0 Å². The molecule has 1 N–H and O–H groups in total. The maximum atomic E-state index is 12.8. The second-order valence-corrected chi connectivity index (χ2v) is 3.65. The molecule has 1 heterocycles. The van der Waals surface area contributed by atoms with Gasteiger partial charge in [-0.05, 0) is 24.3 Å². The normalized spacial score (nSPS) is 10.4. The van der Waals surface area contributed by atoms with Gasteiger partial charge in [0.25, 0.3) is 5.91 Å². The maximum Gasteiger partial charge on any atom is 0.280 e. The first-order valence-electron chi connectivity index (χ1n) is 5.25. The molecule has 1 aromatic heterocycles. The lowest BCUT2D eigenvalue weighted by molar-refractivity contribution is -0.0756. The first-order chi connectivity index (χ1) is 8.63. The van der Waals surface area contributed by atoms with Gasteiger partial charge in [-0.25, -0.2) is 9.45 Å². The van der Waals surface area contributed by atoms with E-state index in [1.54, 1.807) is 12.1 Å². The number of nitrogens with one attached hydrogen (secondary N) is 1. The summed E-state index contributed by atoms with van der Waals surface area (Å²) < 4.78 is 12.8. The van der Waals surface area contributed by atoms with E-state index in [1.165, 1.54) is 32.5 Å². The van der Waals surface area contributed by atoms with Gasteiger partial charge in [-0.15, -0.1) is 0 Å². The molecule has 5 nitrogen and oxygen atoms in total. The molecule has 0 bridgehead atoms. The Morgan fingerprint density at radius 1 is 1.39 bits per heavy atom. The highest BCUT2D eigenvalue weighted by atomic mass is 19.1. The summed E-state index contributed by atoms with van der Waals surface area (Å²) in [7, 11) is 2.90. The van der Waals surface area contributed by atoms with Crippen molar-refractivity contribution in [3.63, 3.8) is 0 Å². The molecule has 94 valence electrons. The third-order valence-corrected chi connectivity index (χ3v) is 2.56. The molecule has 2 aromatic rings. The Balaban J connectivity index is 2.39. The number of carbonyl (C=O) groups excluding carboxylic acids is 1. The molecule has 0 saturated heterocycles. The zero-order valence-corrected chi connectivity index (χ0v) is 9.98. The van der Waals surface area contributed by atoms with Crippen LogP contribution in [0.2, 0.25) is 0 Å². The van der Waals surface area contributed by atoms with Crippen molar-refractivity contribution in [2.45, 2.75) is 0 Å². The van der Waals surface area contributed by atoms with Crippen molar-refractivity contribution >= 4 is 5.91 Å². The summed E-state index contributed by atoms with van der Waals surface area (Å²) in [6.07, 6.45) is 1.41. The number of nitrogens with zero attached hydrogens (tertiary/aromatic N) is 2. The van der Waals surface area contributed by atoms with E-state index in [9.17, 15) is 9.18 Å². The zero-order valence-electron chi connectivity index (χ0n) is 9.98. The van der Waals surface area contributed by atoms with Crippen LogP contribution in [0.5, 0.6) is 0 Å². The Labute approximate surface area is 103 Å². The maximum absolute atomic E-state index is 12.8. The van der Waals surface area contributed by atoms with Gasteiger partial charge in [0.2, 0.25) is 0 Å². The Morgan fingerprint density at radius 3 is 2.67 bits per heavy atom. The van der Waals surface area contributed by atoms with Gasteiger partial charge in [0.1, 0.15) is 5.82 Å². The molecule has 0 radical (unpaired) electrons. The Hall–Kier alpha value is -2.21. The molecule has 0 saturated carbocycles. The minimum absolute atomic E-state index is 0.328. The highest BCUT2D eigenvalue weighted by Gasteiger charge is 2.18. The molecule has 0 atom stereocenters. The first kappa shape index (κ1) is 12.3. The molecule has 0 fully saturated rings. The van der Waals surface area contributed by atoms with Crippen molar-refractivity contribution in [1.29, 1.82) is 0 Å². The topological polar surface area (TPSA) is 58.2 Å². The number of halogens is 1. The number of aromatic amines is 1. The Bertz CT molecular complexity index is 551. The molecule has 0 spiro atoms. The third kappa shape index (κ3) is 2.23. The van der Waals surface area contributed by atoms with Gasteiger partial charge in [0, 0.05) is 12.6 Å². The van der Waals surface area contributed by atoms with Gasteiger partial charge in [0.15, 0.2) is 0 Å². The quantitative estimate of drug-likeness (QED) is 0.844. The number of aromatic nitrogens is 2. The number of carbonyl (C=O) groups is 1. The predicted octanol–water partition coefficient (Wildman–Crippen LogP) is 1.85. The summed E-state index contributed by atoms with van der Waals surface area (Å²) in [5.74, 6) is -0.661. The number of amides is 1. The van der Waals surface area contributed by atoms with Crippen LogP contribution >= 0.6 is 0 Å². The lowest BCUT2D eigenvalue weighted by Gasteiger charge is -2.13. The fourth-order valence-electron chi connectivity index (χ4n) is 1.54. The smallest absolute Gasteiger partial charge is 0.277 e. The number of hydrogen-bond acceptors (Lipinski definition) is 3. The van der Waals surface area contributed by atoms with Crippen molar-refractivity contribution in [3.05, 3.63) is 41.8 Å². The summed E-state index contributed by atoms with van der Waals surface area (Å²) in [5, 5.41) is 7.66. The molecule has 6 heteroatoms. The van der Waals surface area contributed by atoms with Crippen LogP contribution in [0.1, 0.15) is 10.4 Å². The number of hydrogen-bond donors (Lipinski definition) is 1. The molecule has 0 unspecified atom stereocenters. The standard InChI is InChI=1S/C12H12FN3O2/c1-16(18-2)12(17)10-7-14-15-11(10)8-3-5-9(13)6-4-8/h3-7H,1-2H3,(H,14,15). The molecular weight excluding hydrogens is 237 g/mol. The summed E-state index contributed by atoms with van der Waals surface area (Å²) in [4.78, 5) is 16.8. The second kappa shape index (κ2) is 4.97. The van der Waals surface area contributed by atoms with Crippen molar-refractivity contribution in [2.75, 3.05) is 14.2 Å². The minimum atomic E-state index is -0.333. The van der Waals surface area contributed by atoms with Crippen LogP contribution in [-0.4, -0.2) is 35.3 Å². The molecule has 0 aliphatic rings. The van der Waals surface area contributed by atoms with Gasteiger partial charge < -0.3 is 0 Å². The molecular formula is C12H12FN3O2. The highest BCUT2D eigenvalue weighted by molar-refractivity contribution is 5.99. The van der Waals surface area contributed by atoms with Gasteiger partial charge in [0.05, 0.1) is 24.6 Å². The van der Waals surface area contributed by atoms with E-state index in [2.05, 4.69) is 10.2 Å². The Kier molecular flexibility index (Phi) is 3.38. The summed E-state index contributed by atoms with van der Waals surface area (Å²) in [6.45, 7) is 0. The summed E-state index contributed by atoms with van der Waals surface area (Å²) in [5.41, 5.74) is 1.58. The SMILES string of the molecule is CON(C)C(=O)c1cn[nH]c1-c1ccc(F)cc1. The van der Waals surface area contributed by atoms with E-state index in [4.69, 9.17) is 4.84 Å². The molecule has 0 aliphatic carbocycles. The monoisotopic (exact) mass is 249 g/mol. The summed E-state index contributed by atoms with van der Waals surface area (Å²) >= 11 is 0. The largest absolute Gasteiger partial charge is 0.280 e. The van der Waals surface area contributed by atoms with Crippen molar-refractivity contribution < 1.29 is 14.0 Å². The van der Waals surface area contributed by atoms with Crippen LogP contribution in [0.4, 0.5) is 4.39 Å². The fraction of sp³-hybridized carbons (Fsp3) is 0.167. The molecule has 1 amide bonds. The number of benzene rings is 1. The van der Waals surface area contributed by atoms with Crippen molar-refractivity contribution in [2.24, 2.45) is 0 Å². The predicted molar refractivity (Wildman–Crippen MR) is 63.1 cm³/mol. The van der Waals surface area contributed by atoms with Gasteiger partial charge in [-0.2, -0.15) is 5.10 Å².